The summed E-state index contributed by atoms with van der Waals surface area (Å²) < 4.78 is 39.7. The van der Waals surface area contributed by atoms with Crippen LogP contribution in [-0.2, 0) is 6.54 Å². The molecule has 8 heteroatoms. The van der Waals surface area contributed by atoms with Crippen molar-refractivity contribution in [2.45, 2.75) is 12.9 Å². The van der Waals surface area contributed by atoms with Crippen LogP contribution in [0.5, 0.6) is 5.75 Å². The number of carboxylic acid groups (broad SMARTS) is 1. The number of carboxylic acids is 1. The van der Waals surface area contributed by atoms with Gasteiger partial charge in [-0.15, -0.1) is 13.2 Å². The number of ether oxygens (including phenoxy) is 1. The zero-order valence-corrected chi connectivity index (χ0v) is 8.78. The summed E-state index contributed by atoms with van der Waals surface area (Å²) in [7, 11) is 0. The maximum atomic E-state index is 12.0. The fraction of sp³-hybridized carbons (Fsp3) is 0.200. The van der Waals surface area contributed by atoms with E-state index in [9.17, 15) is 18.0 Å². The third kappa shape index (κ3) is 3.11. The molecule has 0 saturated heterocycles. The number of rotatable bonds is 3. The van der Waals surface area contributed by atoms with Gasteiger partial charge in [-0.2, -0.15) is 5.26 Å². The van der Waals surface area contributed by atoms with Crippen LogP contribution in [0.2, 0.25) is 0 Å². The standard InChI is InChI=1S/C10H7F3N2O3/c11-10(12,13)18-6-1-5(3-14)8(4-15)7(2-6)9(16)17/h1-2H,3,14H2,(H,16,17). The molecule has 0 bridgehead atoms. The maximum absolute atomic E-state index is 12.0. The van der Waals surface area contributed by atoms with Crippen LogP contribution in [0.3, 0.4) is 0 Å². The number of alkyl halides is 3. The van der Waals surface area contributed by atoms with E-state index in [1.165, 1.54) is 0 Å². The molecule has 0 aliphatic heterocycles. The zero-order chi connectivity index (χ0) is 13.9. The second-order valence-electron chi connectivity index (χ2n) is 3.17. The molecule has 0 spiro atoms. The van der Waals surface area contributed by atoms with Gasteiger partial charge in [-0.3, -0.25) is 0 Å². The van der Waals surface area contributed by atoms with E-state index in [4.69, 9.17) is 16.1 Å². The van der Waals surface area contributed by atoms with Gasteiger partial charge in [0.2, 0.25) is 0 Å². The molecule has 0 saturated carbocycles. The SMILES string of the molecule is N#Cc1c(CN)cc(OC(F)(F)F)cc1C(=O)O. The summed E-state index contributed by atoms with van der Waals surface area (Å²) in [5.74, 6) is -2.26. The summed E-state index contributed by atoms with van der Waals surface area (Å²) in [5, 5.41) is 17.6. The highest BCUT2D eigenvalue weighted by molar-refractivity contribution is 5.91. The topological polar surface area (TPSA) is 96.3 Å². The number of nitrogens with zero attached hydrogens (tertiary/aromatic N) is 1. The Kier molecular flexibility index (Phi) is 3.78. The molecule has 0 unspecified atom stereocenters. The highest BCUT2D eigenvalue weighted by Gasteiger charge is 2.32. The molecule has 0 aromatic heterocycles. The molecular weight excluding hydrogens is 253 g/mol. The Morgan fingerprint density at radius 3 is 2.50 bits per heavy atom. The minimum absolute atomic E-state index is 0.0309. The van der Waals surface area contributed by atoms with Crippen LogP contribution in [-0.4, -0.2) is 17.4 Å². The van der Waals surface area contributed by atoms with Crippen molar-refractivity contribution in [3.8, 4) is 11.8 Å². The maximum Gasteiger partial charge on any atom is 0.573 e. The Labute approximate surface area is 99.2 Å². The third-order valence-corrected chi connectivity index (χ3v) is 1.99. The van der Waals surface area contributed by atoms with E-state index in [0.717, 1.165) is 6.07 Å². The Hall–Kier alpha value is -2.27. The van der Waals surface area contributed by atoms with Crippen molar-refractivity contribution < 1.29 is 27.8 Å². The van der Waals surface area contributed by atoms with Crippen molar-refractivity contribution in [1.29, 1.82) is 5.26 Å². The third-order valence-electron chi connectivity index (χ3n) is 1.99. The predicted octanol–water partition coefficient (Wildman–Crippen LogP) is 1.61. The van der Waals surface area contributed by atoms with E-state index < -0.39 is 23.6 Å². The molecule has 96 valence electrons. The smallest absolute Gasteiger partial charge is 0.478 e. The van der Waals surface area contributed by atoms with E-state index in [-0.39, 0.29) is 17.7 Å². The van der Waals surface area contributed by atoms with Gasteiger partial charge < -0.3 is 15.6 Å². The van der Waals surface area contributed by atoms with Crippen LogP contribution in [0.4, 0.5) is 13.2 Å². The molecule has 0 heterocycles. The summed E-state index contributed by atoms with van der Waals surface area (Å²) in [4.78, 5) is 10.8. The first kappa shape index (κ1) is 13.8. The number of benzene rings is 1. The molecule has 18 heavy (non-hydrogen) atoms. The van der Waals surface area contributed by atoms with Crippen LogP contribution >= 0.6 is 0 Å². The fourth-order valence-electron chi connectivity index (χ4n) is 1.33. The molecule has 1 aromatic rings. The Morgan fingerprint density at radius 1 is 1.50 bits per heavy atom. The average Bonchev–Trinajstić information content (AvgIpc) is 2.25. The van der Waals surface area contributed by atoms with Gasteiger partial charge in [0.15, 0.2) is 0 Å². The van der Waals surface area contributed by atoms with Crippen LogP contribution in [0.25, 0.3) is 0 Å². The summed E-state index contributed by atoms with van der Waals surface area (Å²) >= 11 is 0. The second-order valence-corrected chi connectivity index (χ2v) is 3.17. The number of nitriles is 1. The van der Waals surface area contributed by atoms with Crippen molar-refractivity contribution >= 4 is 5.97 Å². The molecule has 1 rings (SSSR count). The molecule has 0 fully saturated rings. The average molecular weight is 260 g/mol. The van der Waals surface area contributed by atoms with Gasteiger partial charge in [0.1, 0.15) is 11.8 Å². The zero-order valence-electron chi connectivity index (χ0n) is 8.78. The summed E-state index contributed by atoms with van der Waals surface area (Å²) in [6.07, 6.45) is -4.95. The minimum atomic E-state index is -4.95. The molecule has 3 N–H and O–H groups in total. The van der Waals surface area contributed by atoms with E-state index in [1.807, 2.05) is 0 Å². The molecule has 0 radical (unpaired) electrons. The van der Waals surface area contributed by atoms with E-state index >= 15 is 0 Å². The highest BCUT2D eigenvalue weighted by atomic mass is 19.4. The summed E-state index contributed by atoms with van der Waals surface area (Å²) in [5.41, 5.74) is 4.35. The molecule has 5 nitrogen and oxygen atoms in total. The van der Waals surface area contributed by atoms with Crippen molar-refractivity contribution in [3.63, 3.8) is 0 Å². The van der Waals surface area contributed by atoms with Crippen LogP contribution in [0, 0.1) is 11.3 Å². The van der Waals surface area contributed by atoms with Crippen molar-refractivity contribution in [2.75, 3.05) is 0 Å². The van der Waals surface area contributed by atoms with Gasteiger partial charge in [-0.05, 0) is 17.7 Å². The first-order valence-electron chi connectivity index (χ1n) is 4.54. The summed E-state index contributed by atoms with van der Waals surface area (Å²) in [6, 6.07) is 3.11. The minimum Gasteiger partial charge on any atom is -0.478 e. The molecule has 1 aromatic carbocycles. The van der Waals surface area contributed by atoms with Gasteiger partial charge in [0, 0.05) is 6.54 Å². The number of nitrogens with two attached hydrogens (primary N) is 1. The number of hydrogen-bond acceptors (Lipinski definition) is 4. The van der Waals surface area contributed by atoms with Crippen LogP contribution < -0.4 is 10.5 Å². The second kappa shape index (κ2) is 4.93. The van der Waals surface area contributed by atoms with E-state index in [2.05, 4.69) is 4.74 Å². The lowest BCUT2D eigenvalue weighted by atomic mass is 10.0. The monoisotopic (exact) mass is 260 g/mol. The van der Waals surface area contributed by atoms with Crippen molar-refractivity contribution in [1.82, 2.24) is 0 Å². The Bertz CT molecular complexity index is 520. The Morgan fingerprint density at radius 2 is 2.11 bits per heavy atom. The lowest BCUT2D eigenvalue weighted by Gasteiger charge is -2.12. The number of carbonyl (C=O) groups is 1. The lowest BCUT2D eigenvalue weighted by Crippen LogP contribution is -2.18. The first-order valence-corrected chi connectivity index (χ1v) is 4.54. The van der Waals surface area contributed by atoms with E-state index in [0.29, 0.717) is 6.07 Å². The molecule has 0 amide bonds. The molecule has 0 aliphatic rings. The van der Waals surface area contributed by atoms with Gasteiger partial charge >= 0.3 is 12.3 Å². The van der Waals surface area contributed by atoms with Gasteiger partial charge in [0.05, 0.1) is 11.1 Å². The largest absolute Gasteiger partial charge is 0.573 e. The van der Waals surface area contributed by atoms with Crippen molar-refractivity contribution in [2.24, 2.45) is 5.73 Å². The van der Waals surface area contributed by atoms with Crippen LogP contribution in [0.15, 0.2) is 12.1 Å². The van der Waals surface area contributed by atoms with Gasteiger partial charge in [-0.1, -0.05) is 0 Å². The predicted molar refractivity (Wildman–Crippen MR) is 52.7 cm³/mol. The van der Waals surface area contributed by atoms with Gasteiger partial charge in [-0.25, -0.2) is 4.79 Å². The quantitative estimate of drug-likeness (QED) is 0.860. The molecule has 0 aliphatic carbocycles. The molecular formula is C10H7F3N2O3. The van der Waals surface area contributed by atoms with Crippen LogP contribution in [0.1, 0.15) is 21.5 Å². The fourth-order valence-corrected chi connectivity index (χ4v) is 1.33. The highest BCUT2D eigenvalue weighted by Crippen LogP contribution is 2.27. The Balaban J connectivity index is 3.38. The van der Waals surface area contributed by atoms with Crippen molar-refractivity contribution in [3.05, 3.63) is 28.8 Å². The molecule has 0 atom stereocenters. The first-order chi connectivity index (χ1) is 8.28. The lowest BCUT2D eigenvalue weighted by molar-refractivity contribution is -0.274. The number of hydrogen-bond donors (Lipinski definition) is 2. The number of halogens is 3. The normalized spacial score (nSPS) is 10.8. The summed E-state index contributed by atoms with van der Waals surface area (Å²) in [6.45, 7) is -0.280. The van der Waals surface area contributed by atoms with Gasteiger partial charge in [0.25, 0.3) is 0 Å². The number of aromatic carboxylic acids is 1. The van der Waals surface area contributed by atoms with E-state index in [1.54, 1.807) is 6.07 Å².